The number of nitrogens with zero attached hydrogens (tertiary/aromatic N) is 4. The summed E-state index contributed by atoms with van der Waals surface area (Å²) in [6, 6.07) is 0. The average Bonchev–Trinajstić information content (AvgIpc) is 2.75. The molecule has 2 rings (SSSR count). The van der Waals surface area contributed by atoms with Gasteiger partial charge >= 0.3 is 0 Å². The van der Waals surface area contributed by atoms with E-state index in [1.807, 2.05) is 0 Å². The highest BCUT2D eigenvalue weighted by Gasteiger charge is 2.06. The molecule has 0 amide bonds. The van der Waals surface area contributed by atoms with E-state index in [1.54, 1.807) is 18.6 Å². The van der Waals surface area contributed by atoms with Gasteiger partial charge in [-0.1, -0.05) is 0 Å². The van der Waals surface area contributed by atoms with Crippen molar-refractivity contribution in [1.82, 2.24) is 20.0 Å². The van der Waals surface area contributed by atoms with Crippen LogP contribution in [0.15, 0.2) is 18.6 Å². The highest BCUT2D eigenvalue weighted by molar-refractivity contribution is 7.13. The van der Waals surface area contributed by atoms with Crippen molar-refractivity contribution in [1.29, 1.82) is 0 Å². The van der Waals surface area contributed by atoms with Gasteiger partial charge in [-0.2, -0.15) is 15.0 Å². The minimum absolute atomic E-state index is 0.0437. The summed E-state index contributed by atoms with van der Waals surface area (Å²) in [5.41, 5.74) is 0. The normalized spacial score (nSPS) is 10.4. The molecule has 0 saturated heterocycles. The number of ketones is 1. The molecule has 0 spiro atoms. The maximum atomic E-state index is 11.0. The molecule has 2 heterocycles. The number of hydrogen-bond donors (Lipinski definition) is 0. The smallest absolute Gasteiger partial charge is 0.171 e. The number of hydrogen-bond acceptors (Lipinski definition) is 5. The minimum Gasteiger partial charge on any atom is -0.294 e. The first kappa shape index (κ1) is 9.01. The molecule has 0 atom stereocenters. The number of carbonyl (C=O) groups excluding carboxylic acids is 1. The monoisotopic (exact) mass is 208 g/mol. The second-order valence-electron chi connectivity index (χ2n) is 2.73. The van der Waals surface area contributed by atoms with Crippen LogP contribution in [0.5, 0.6) is 0 Å². The first-order valence-corrected chi connectivity index (χ1v) is 4.87. The van der Waals surface area contributed by atoms with E-state index in [-0.39, 0.29) is 5.78 Å². The van der Waals surface area contributed by atoms with E-state index in [0.29, 0.717) is 11.4 Å². The van der Waals surface area contributed by atoms with Crippen LogP contribution < -0.4 is 0 Å². The Balaban J connectivity index is 2.14. The van der Waals surface area contributed by atoms with Gasteiger partial charge in [-0.15, -0.1) is 11.3 Å². The molecule has 0 radical (unpaired) electrons. The van der Waals surface area contributed by atoms with Crippen molar-refractivity contribution < 1.29 is 4.79 Å². The number of thiazole rings is 1. The molecule has 0 unspecified atom stereocenters. The zero-order valence-electron chi connectivity index (χ0n) is 7.54. The summed E-state index contributed by atoms with van der Waals surface area (Å²) in [7, 11) is 0. The highest BCUT2D eigenvalue weighted by atomic mass is 32.1. The molecule has 2 aromatic rings. The van der Waals surface area contributed by atoms with E-state index in [1.165, 1.54) is 23.1 Å². The van der Waals surface area contributed by atoms with Gasteiger partial charge in [-0.3, -0.25) is 4.79 Å². The molecule has 0 N–H and O–H groups in total. The quantitative estimate of drug-likeness (QED) is 0.705. The van der Waals surface area contributed by atoms with Gasteiger partial charge in [0, 0.05) is 13.1 Å². The van der Waals surface area contributed by atoms with Crippen molar-refractivity contribution in [3.63, 3.8) is 0 Å². The number of aromatic nitrogens is 4. The van der Waals surface area contributed by atoms with Crippen LogP contribution in [-0.2, 0) is 6.54 Å². The molecule has 0 aliphatic rings. The van der Waals surface area contributed by atoms with Crippen LogP contribution in [-0.4, -0.2) is 25.8 Å². The van der Waals surface area contributed by atoms with Gasteiger partial charge in [0.05, 0.1) is 17.3 Å². The predicted octanol–water partition coefficient (Wildman–Crippen LogP) is 0.985. The van der Waals surface area contributed by atoms with Gasteiger partial charge in [0.25, 0.3) is 0 Å². The van der Waals surface area contributed by atoms with E-state index >= 15 is 0 Å². The lowest BCUT2D eigenvalue weighted by atomic mass is 10.4. The molecular formula is C8H8N4OS. The first-order valence-electron chi connectivity index (χ1n) is 4.05. The third kappa shape index (κ3) is 1.85. The summed E-state index contributed by atoms with van der Waals surface area (Å²) in [5, 5.41) is 8.75. The molecule has 0 saturated carbocycles. The zero-order valence-corrected chi connectivity index (χ0v) is 8.36. The van der Waals surface area contributed by atoms with Crippen molar-refractivity contribution in [3.05, 3.63) is 28.5 Å². The summed E-state index contributed by atoms with van der Waals surface area (Å²) >= 11 is 1.38. The lowest BCUT2D eigenvalue weighted by Gasteiger charge is -1.92. The third-order valence-corrected chi connectivity index (χ3v) is 2.73. The molecule has 0 fully saturated rings. The van der Waals surface area contributed by atoms with Crippen LogP contribution in [0.3, 0.4) is 0 Å². The molecule has 72 valence electrons. The summed E-state index contributed by atoms with van der Waals surface area (Å²) in [4.78, 5) is 17.3. The summed E-state index contributed by atoms with van der Waals surface area (Å²) < 4.78 is 0. The standard InChI is InChI=1S/C8H8N4OS/c1-6(13)7-4-9-8(14-7)5-12-10-2-3-11-12/h2-4H,5H2,1H3. The lowest BCUT2D eigenvalue weighted by Crippen LogP contribution is -2.02. The van der Waals surface area contributed by atoms with E-state index < -0.39 is 0 Å². The Kier molecular flexibility index (Phi) is 2.36. The number of rotatable bonds is 3. The molecule has 14 heavy (non-hydrogen) atoms. The van der Waals surface area contributed by atoms with Crippen LogP contribution in [0.1, 0.15) is 21.6 Å². The fourth-order valence-electron chi connectivity index (χ4n) is 0.992. The molecule has 0 bridgehead atoms. The maximum Gasteiger partial charge on any atom is 0.171 e. The van der Waals surface area contributed by atoms with Crippen molar-refractivity contribution in [3.8, 4) is 0 Å². The first-order chi connectivity index (χ1) is 6.75. The largest absolute Gasteiger partial charge is 0.294 e. The summed E-state index contributed by atoms with van der Waals surface area (Å²) in [6.07, 6.45) is 4.81. The van der Waals surface area contributed by atoms with Crippen molar-refractivity contribution in [2.45, 2.75) is 13.5 Å². The van der Waals surface area contributed by atoms with Gasteiger partial charge in [-0.25, -0.2) is 4.98 Å². The minimum atomic E-state index is 0.0437. The Bertz CT molecular complexity index is 434. The zero-order chi connectivity index (χ0) is 9.97. The second kappa shape index (κ2) is 3.67. The Morgan fingerprint density at radius 2 is 2.21 bits per heavy atom. The predicted molar refractivity (Wildman–Crippen MR) is 51.2 cm³/mol. The van der Waals surface area contributed by atoms with Crippen LogP contribution in [0.4, 0.5) is 0 Å². The Hall–Kier alpha value is -1.56. The van der Waals surface area contributed by atoms with E-state index in [2.05, 4.69) is 15.2 Å². The molecular weight excluding hydrogens is 200 g/mol. The van der Waals surface area contributed by atoms with Gasteiger partial charge in [-0.05, 0) is 0 Å². The fourth-order valence-corrected chi connectivity index (χ4v) is 1.78. The summed E-state index contributed by atoms with van der Waals surface area (Å²) in [5.74, 6) is 0.0437. The van der Waals surface area contributed by atoms with Crippen LogP contribution in [0, 0.1) is 0 Å². The Morgan fingerprint density at radius 1 is 1.50 bits per heavy atom. The number of Topliss-reactive ketones (excluding diaryl/α,β-unsaturated/α-hetero) is 1. The van der Waals surface area contributed by atoms with Crippen LogP contribution in [0.2, 0.25) is 0 Å². The van der Waals surface area contributed by atoms with E-state index in [9.17, 15) is 4.79 Å². The third-order valence-electron chi connectivity index (χ3n) is 1.64. The lowest BCUT2D eigenvalue weighted by molar-refractivity contribution is 0.102. The van der Waals surface area contributed by atoms with Crippen molar-refractivity contribution in [2.75, 3.05) is 0 Å². The van der Waals surface area contributed by atoms with Gasteiger partial charge in [0.15, 0.2) is 5.78 Å². The average molecular weight is 208 g/mol. The van der Waals surface area contributed by atoms with Gasteiger partial charge in [0.2, 0.25) is 0 Å². The second-order valence-corrected chi connectivity index (χ2v) is 3.85. The Labute approximate surface area is 84.4 Å². The molecule has 0 aliphatic carbocycles. The SMILES string of the molecule is CC(=O)c1cnc(Cn2nccn2)s1. The fraction of sp³-hybridized carbons (Fsp3) is 0.250. The highest BCUT2D eigenvalue weighted by Crippen LogP contribution is 2.13. The van der Waals surface area contributed by atoms with Crippen molar-refractivity contribution in [2.24, 2.45) is 0 Å². The maximum absolute atomic E-state index is 11.0. The van der Waals surface area contributed by atoms with Gasteiger partial charge < -0.3 is 0 Å². The Morgan fingerprint density at radius 3 is 2.79 bits per heavy atom. The molecule has 0 aliphatic heterocycles. The summed E-state index contributed by atoms with van der Waals surface area (Å²) in [6.45, 7) is 2.05. The topological polar surface area (TPSA) is 60.7 Å². The van der Waals surface area contributed by atoms with Crippen LogP contribution >= 0.6 is 11.3 Å². The van der Waals surface area contributed by atoms with E-state index in [4.69, 9.17) is 0 Å². The molecule has 6 heteroatoms. The molecule has 0 aromatic carbocycles. The van der Waals surface area contributed by atoms with Crippen LogP contribution in [0.25, 0.3) is 0 Å². The number of carbonyl (C=O) groups is 1. The van der Waals surface area contributed by atoms with Gasteiger partial charge in [0.1, 0.15) is 11.6 Å². The molecule has 5 nitrogen and oxygen atoms in total. The molecule has 2 aromatic heterocycles. The van der Waals surface area contributed by atoms with E-state index in [0.717, 1.165) is 5.01 Å². The van der Waals surface area contributed by atoms with Crippen molar-refractivity contribution >= 4 is 17.1 Å².